The van der Waals surface area contributed by atoms with Crippen LogP contribution in [-0.4, -0.2) is 35.3 Å². The average molecular weight is 254 g/mol. The van der Waals surface area contributed by atoms with Gasteiger partial charge in [0.05, 0.1) is 0 Å². The maximum absolute atomic E-state index is 12.4. The Bertz CT molecular complexity index is 292. The lowest BCUT2D eigenvalue weighted by atomic mass is 10.1. The smallest absolute Gasteiger partial charge is 0.245 e. The third-order valence-electron chi connectivity index (χ3n) is 3.58. The van der Waals surface area contributed by atoms with E-state index in [1.54, 1.807) is 0 Å². The van der Waals surface area contributed by atoms with Gasteiger partial charge < -0.3 is 10.2 Å². The minimum Gasteiger partial charge on any atom is -0.344 e. The number of amides is 2. The number of rotatable bonds is 6. The van der Waals surface area contributed by atoms with E-state index in [9.17, 15) is 9.59 Å². The quantitative estimate of drug-likeness (QED) is 0.789. The molecule has 0 aromatic heterocycles. The summed E-state index contributed by atoms with van der Waals surface area (Å²) in [4.78, 5) is 25.9. The highest BCUT2D eigenvalue weighted by atomic mass is 16.2. The molecule has 2 atom stereocenters. The first-order chi connectivity index (χ1) is 8.60. The van der Waals surface area contributed by atoms with E-state index >= 15 is 0 Å². The van der Waals surface area contributed by atoms with Gasteiger partial charge in [0.1, 0.15) is 6.04 Å². The maximum atomic E-state index is 12.4. The van der Waals surface area contributed by atoms with E-state index in [0.29, 0.717) is 13.0 Å². The van der Waals surface area contributed by atoms with Crippen LogP contribution in [0.15, 0.2) is 0 Å². The highest BCUT2D eigenvalue weighted by Crippen LogP contribution is 2.15. The Labute approximate surface area is 110 Å². The van der Waals surface area contributed by atoms with E-state index < -0.39 is 0 Å². The van der Waals surface area contributed by atoms with Gasteiger partial charge in [0.25, 0.3) is 0 Å². The zero-order valence-corrected chi connectivity index (χ0v) is 11.9. The summed E-state index contributed by atoms with van der Waals surface area (Å²) in [5.41, 5.74) is 0. The molecule has 0 bridgehead atoms. The van der Waals surface area contributed by atoms with Crippen LogP contribution in [0, 0.1) is 0 Å². The highest BCUT2D eigenvalue weighted by molar-refractivity contribution is 5.90. The molecule has 0 spiro atoms. The largest absolute Gasteiger partial charge is 0.344 e. The van der Waals surface area contributed by atoms with E-state index in [1.165, 1.54) is 0 Å². The third kappa shape index (κ3) is 4.00. The van der Waals surface area contributed by atoms with Crippen molar-refractivity contribution in [3.63, 3.8) is 0 Å². The lowest BCUT2D eigenvalue weighted by molar-refractivity contribution is -0.135. The topological polar surface area (TPSA) is 49.4 Å². The molecule has 1 fully saturated rings. The molecule has 0 radical (unpaired) electrons. The number of carbonyl (C=O) groups excluding carboxylic acids is 2. The van der Waals surface area contributed by atoms with Crippen molar-refractivity contribution >= 4 is 11.8 Å². The van der Waals surface area contributed by atoms with Crippen LogP contribution in [0.1, 0.15) is 59.3 Å². The number of unbranched alkanes of at least 4 members (excludes halogenated alkanes) is 1. The summed E-state index contributed by atoms with van der Waals surface area (Å²) in [6.07, 6.45) is 5.37. The Morgan fingerprint density at radius 1 is 1.33 bits per heavy atom. The van der Waals surface area contributed by atoms with E-state index in [1.807, 2.05) is 11.8 Å². The van der Waals surface area contributed by atoms with Gasteiger partial charge in [-0.1, -0.05) is 33.1 Å². The fourth-order valence-corrected chi connectivity index (χ4v) is 2.44. The predicted octanol–water partition coefficient (Wildman–Crippen LogP) is 2.08. The first-order valence-electron chi connectivity index (χ1n) is 7.20. The summed E-state index contributed by atoms with van der Waals surface area (Å²) in [7, 11) is 0. The normalized spacial score (nSPS) is 22.6. The second-order valence-corrected chi connectivity index (χ2v) is 5.18. The van der Waals surface area contributed by atoms with Crippen LogP contribution >= 0.6 is 0 Å². The summed E-state index contributed by atoms with van der Waals surface area (Å²) in [5.74, 6) is 0.110. The van der Waals surface area contributed by atoms with Crippen LogP contribution in [0.4, 0.5) is 0 Å². The van der Waals surface area contributed by atoms with Crippen LogP contribution in [-0.2, 0) is 9.59 Å². The van der Waals surface area contributed by atoms with Gasteiger partial charge in [-0.05, 0) is 19.8 Å². The van der Waals surface area contributed by atoms with E-state index in [2.05, 4.69) is 19.2 Å². The van der Waals surface area contributed by atoms with E-state index in [-0.39, 0.29) is 23.9 Å². The molecule has 104 valence electrons. The zero-order chi connectivity index (χ0) is 13.5. The molecule has 2 unspecified atom stereocenters. The molecule has 2 amide bonds. The molecule has 0 saturated carbocycles. The van der Waals surface area contributed by atoms with Crippen molar-refractivity contribution in [1.82, 2.24) is 10.2 Å². The minimum absolute atomic E-state index is 0.00647. The second kappa shape index (κ2) is 7.39. The van der Waals surface area contributed by atoms with Crippen molar-refractivity contribution in [2.75, 3.05) is 6.54 Å². The standard InChI is InChI=1S/C14H26N2O2/c1-4-6-8-11(3)16-10-9-13(17)15-12(7-5-2)14(16)18/h11-12H,4-10H2,1-3H3,(H,15,17). The molecule has 0 aliphatic carbocycles. The lowest BCUT2D eigenvalue weighted by Crippen LogP contribution is -2.47. The van der Waals surface area contributed by atoms with Crippen molar-refractivity contribution in [2.45, 2.75) is 71.4 Å². The molecule has 0 aromatic carbocycles. The Morgan fingerprint density at radius 2 is 2.06 bits per heavy atom. The van der Waals surface area contributed by atoms with Gasteiger partial charge in [0.2, 0.25) is 11.8 Å². The predicted molar refractivity (Wildman–Crippen MR) is 72.2 cm³/mol. The van der Waals surface area contributed by atoms with E-state index in [0.717, 1.165) is 32.1 Å². The number of hydrogen-bond acceptors (Lipinski definition) is 2. The molecule has 1 heterocycles. The molecule has 1 aliphatic heterocycles. The summed E-state index contributed by atoms with van der Waals surface area (Å²) in [5, 5.41) is 2.84. The molecule has 4 heteroatoms. The highest BCUT2D eigenvalue weighted by Gasteiger charge is 2.31. The number of carbonyl (C=O) groups is 2. The van der Waals surface area contributed by atoms with Crippen molar-refractivity contribution < 1.29 is 9.59 Å². The first kappa shape index (κ1) is 15.0. The summed E-state index contributed by atoms with van der Waals surface area (Å²) >= 11 is 0. The summed E-state index contributed by atoms with van der Waals surface area (Å²) in [6.45, 7) is 6.85. The van der Waals surface area contributed by atoms with Crippen molar-refractivity contribution in [3.05, 3.63) is 0 Å². The molecule has 1 rings (SSSR count). The van der Waals surface area contributed by atoms with Gasteiger partial charge in [0, 0.05) is 19.0 Å². The van der Waals surface area contributed by atoms with Crippen LogP contribution in [0.25, 0.3) is 0 Å². The van der Waals surface area contributed by atoms with Gasteiger partial charge in [-0.2, -0.15) is 0 Å². The molecule has 1 aliphatic rings. The van der Waals surface area contributed by atoms with Gasteiger partial charge >= 0.3 is 0 Å². The molecule has 1 N–H and O–H groups in total. The number of nitrogens with zero attached hydrogens (tertiary/aromatic N) is 1. The first-order valence-corrected chi connectivity index (χ1v) is 7.20. The summed E-state index contributed by atoms with van der Waals surface area (Å²) < 4.78 is 0. The fraction of sp³-hybridized carbons (Fsp3) is 0.857. The molecular formula is C14H26N2O2. The Hall–Kier alpha value is -1.06. The zero-order valence-electron chi connectivity index (χ0n) is 11.9. The van der Waals surface area contributed by atoms with Gasteiger partial charge in [-0.15, -0.1) is 0 Å². The van der Waals surface area contributed by atoms with Crippen LogP contribution < -0.4 is 5.32 Å². The van der Waals surface area contributed by atoms with Crippen molar-refractivity contribution in [3.8, 4) is 0 Å². The Kier molecular flexibility index (Phi) is 6.16. The van der Waals surface area contributed by atoms with Crippen LogP contribution in [0.2, 0.25) is 0 Å². The van der Waals surface area contributed by atoms with Crippen LogP contribution in [0.5, 0.6) is 0 Å². The fourth-order valence-electron chi connectivity index (χ4n) is 2.44. The Morgan fingerprint density at radius 3 is 2.67 bits per heavy atom. The van der Waals surface area contributed by atoms with E-state index in [4.69, 9.17) is 0 Å². The molecular weight excluding hydrogens is 228 g/mol. The van der Waals surface area contributed by atoms with Gasteiger partial charge in [0.15, 0.2) is 0 Å². The monoisotopic (exact) mass is 254 g/mol. The number of nitrogens with one attached hydrogen (secondary N) is 1. The molecule has 18 heavy (non-hydrogen) atoms. The van der Waals surface area contributed by atoms with Gasteiger partial charge in [-0.3, -0.25) is 9.59 Å². The molecule has 0 aromatic rings. The SMILES string of the molecule is CCCCC(C)N1CCC(=O)NC(CCC)C1=O. The Balaban J connectivity index is 2.70. The van der Waals surface area contributed by atoms with Crippen molar-refractivity contribution in [1.29, 1.82) is 0 Å². The maximum Gasteiger partial charge on any atom is 0.245 e. The van der Waals surface area contributed by atoms with Gasteiger partial charge in [-0.25, -0.2) is 0 Å². The average Bonchev–Trinajstić information content (AvgIpc) is 2.48. The third-order valence-corrected chi connectivity index (χ3v) is 3.58. The molecule has 1 saturated heterocycles. The molecule has 4 nitrogen and oxygen atoms in total. The minimum atomic E-state index is -0.311. The summed E-state index contributed by atoms with van der Waals surface area (Å²) in [6, 6.07) is -0.0708. The lowest BCUT2D eigenvalue weighted by Gasteiger charge is -2.30. The van der Waals surface area contributed by atoms with Crippen LogP contribution in [0.3, 0.4) is 0 Å². The number of hydrogen-bond donors (Lipinski definition) is 1. The van der Waals surface area contributed by atoms with Crippen molar-refractivity contribution in [2.24, 2.45) is 0 Å². The second-order valence-electron chi connectivity index (χ2n) is 5.18.